The van der Waals surface area contributed by atoms with E-state index in [1.54, 1.807) is 6.20 Å². The van der Waals surface area contributed by atoms with Crippen LogP contribution in [0.4, 0.5) is 5.95 Å². The molecule has 1 aromatic rings. The van der Waals surface area contributed by atoms with Crippen LogP contribution in [0.2, 0.25) is 0 Å². The highest BCUT2D eigenvalue weighted by atomic mass is 16.5. The molecule has 5 heteroatoms. The summed E-state index contributed by atoms with van der Waals surface area (Å²) >= 11 is 0. The second kappa shape index (κ2) is 7.28. The van der Waals surface area contributed by atoms with Crippen molar-refractivity contribution in [3.63, 3.8) is 0 Å². The van der Waals surface area contributed by atoms with E-state index in [-0.39, 0.29) is 0 Å². The minimum Gasteiger partial charge on any atom is -0.478 e. The van der Waals surface area contributed by atoms with E-state index in [0.29, 0.717) is 18.5 Å². The maximum absolute atomic E-state index is 5.58. The first-order valence-electron chi connectivity index (χ1n) is 7.28. The Bertz CT molecular complexity index is 379. The molecule has 5 nitrogen and oxygen atoms in total. The Kier molecular flexibility index (Phi) is 5.39. The van der Waals surface area contributed by atoms with Gasteiger partial charge < -0.3 is 15.0 Å². The predicted octanol–water partition coefficient (Wildman–Crippen LogP) is 1.84. The first-order chi connectivity index (χ1) is 9.35. The Morgan fingerprint density at radius 3 is 3.05 bits per heavy atom. The molecular weight excluding hydrogens is 240 g/mol. The normalized spacial score (nSPS) is 19.2. The summed E-state index contributed by atoms with van der Waals surface area (Å²) in [5, 5.41) is 3.44. The number of rotatable bonds is 6. The van der Waals surface area contributed by atoms with Crippen molar-refractivity contribution in [3.05, 3.63) is 12.3 Å². The molecule has 0 radical (unpaired) electrons. The molecule has 0 spiro atoms. The molecule has 0 bridgehead atoms. The summed E-state index contributed by atoms with van der Waals surface area (Å²) in [5.74, 6) is 1.46. The van der Waals surface area contributed by atoms with Crippen molar-refractivity contribution in [1.29, 1.82) is 0 Å². The zero-order chi connectivity index (χ0) is 13.5. The van der Waals surface area contributed by atoms with E-state index in [4.69, 9.17) is 4.74 Å². The number of ether oxygens (including phenoxy) is 1. The highest BCUT2D eigenvalue weighted by Crippen LogP contribution is 2.18. The van der Waals surface area contributed by atoms with E-state index in [1.807, 2.05) is 6.07 Å². The van der Waals surface area contributed by atoms with Crippen LogP contribution < -0.4 is 15.0 Å². The zero-order valence-electron chi connectivity index (χ0n) is 11.9. The predicted molar refractivity (Wildman–Crippen MR) is 76.7 cm³/mol. The summed E-state index contributed by atoms with van der Waals surface area (Å²) in [6, 6.07) is 2.31. The lowest BCUT2D eigenvalue weighted by Crippen LogP contribution is -2.46. The maximum Gasteiger partial charge on any atom is 0.228 e. The number of piperidine rings is 1. The van der Waals surface area contributed by atoms with Crippen LogP contribution >= 0.6 is 0 Å². The Morgan fingerprint density at radius 1 is 1.47 bits per heavy atom. The third-order valence-corrected chi connectivity index (χ3v) is 3.38. The van der Waals surface area contributed by atoms with Gasteiger partial charge >= 0.3 is 0 Å². The van der Waals surface area contributed by atoms with Gasteiger partial charge in [0.25, 0.3) is 0 Å². The van der Waals surface area contributed by atoms with Crippen molar-refractivity contribution in [2.75, 3.05) is 31.1 Å². The van der Waals surface area contributed by atoms with E-state index < -0.39 is 0 Å². The largest absolute Gasteiger partial charge is 0.478 e. The molecule has 0 saturated carbocycles. The van der Waals surface area contributed by atoms with Gasteiger partial charge in [0.1, 0.15) is 0 Å². The SMILES string of the molecule is CCCOc1ccnc(N(CC)C2CCCNC2)n1. The van der Waals surface area contributed by atoms with E-state index >= 15 is 0 Å². The molecule has 1 aliphatic heterocycles. The van der Waals surface area contributed by atoms with Crippen molar-refractivity contribution >= 4 is 5.95 Å². The van der Waals surface area contributed by atoms with Gasteiger partial charge in [-0.1, -0.05) is 6.92 Å². The summed E-state index contributed by atoms with van der Waals surface area (Å²) in [5.41, 5.74) is 0. The average molecular weight is 264 g/mol. The second-order valence-electron chi connectivity index (χ2n) is 4.83. The van der Waals surface area contributed by atoms with Crippen molar-refractivity contribution in [1.82, 2.24) is 15.3 Å². The number of nitrogens with zero attached hydrogens (tertiary/aromatic N) is 3. The van der Waals surface area contributed by atoms with Gasteiger partial charge in [0.05, 0.1) is 6.61 Å². The van der Waals surface area contributed by atoms with Gasteiger partial charge in [-0.2, -0.15) is 4.98 Å². The van der Waals surface area contributed by atoms with Crippen molar-refractivity contribution < 1.29 is 4.74 Å². The van der Waals surface area contributed by atoms with Crippen molar-refractivity contribution in [2.24, 2.45) is 0 Å². The Morgan fingerprint density at radius 2 is 2.37 bits per heavy atom. The smallest absolute Gasteiger partial charge is 0.228 e. The molecule has 1 aromatic heterocycles. The fourth-order valence-corrected chi connectivity index (χ4v) is 2.42. The number of hydrogen-bond donors (Lipinski definition) is 1. The lowest BCUT2D eigenvalue weighted by atomic mass is 10.1. The molecule has 19 heavy (non-hydrogen) atoms. The summed E-state index contributed by atoms with van der Waals surface area (Å²) in [6.45, 7) is 7.99. The van der Waals surface area contributed by atoms with E-state index in [0.717, 1.165) is 32.0 Å². The van der Waals surface area contributed by atoms with Crippen LogP contribution in [0.1, 0.15) is 33.1 Å². The molecule has 1 aliphatic rings. The lowest BCUT2D eigenvalue weighted by Gasteiger charge is -2.33. The first-order valence-corrected chi connectivity index (χ1v) is 7.28. The zero-order valence-corrected chi connectivity index (χ0v) is 11.9. The van der Waals surface area contributed by atoms with Crippen LogP contribution in [0.25, 0.3) is 0 Å². The monoisotopic (exact) mass is 264 g/mol. The van der Waals surface area contributed by atoms with Gasteiger partial charge in [0, 0.05) is 31.4 Å². The molecule has 1 fully saturated rings. The summed E-state index contributed by atoms with van der Waals surface area (Å²) in [4.78, 5) is 11.2. The Labute approximate surface area is 115 Å². The van der Waals surface area contributed by atoms with Crippen LogP contribution in [-0.4, -0.2) is 42.3 Å². The molecule has 1 saturated heterocycles. The molecule has 2 rings (SSSR count). The van der Waals surface area contributed by atoms with Gasteiger partial charge in [0.15, 0.2) is 0 Å². The Hall–Kier alpha value is -1.36. The fourth-order valence-electron chi connectivity index (χ4n) is 2.42. The highest BCUT2D eigenvalue weighted by molar-refractivity contribution is 5.33. The third-order valence-electron chi connectivity index (χ3n) is 3.38. The first kappa shape index (κ1) is 14.1. The van der Waals surface area contributed by atoms with Gasteiger partial charge in [-0.25, -0.2) is 4.98 Å². The molecule has 106 valence electrons. The molecule has 1 atom stereocenters. The van der Waals surface area contributed by atoms with Gasteiger partial charge in [-0.3, -0.25) is 0 Å². The summed E-state index contributed by atoms with van der Waals surface area (Å²) in [7, 11) is 0. The number of aromatic nitrogens is 2. The molecule has 0 aromatic carbocycles. The molecule has 2 heterocycles. The maximum atomic E-state index is 5.58. The Balaban J connectivity index is 2.08. The third kappa shape index (κ3) is 3.80. The van der Waals surface area contributed by atoms with Crippen molar-refractivity contribution in [2.45, 2.75) is 39.2 Å². The molecule has 1 unspecified atom stereocenters. The van der Waals surface area contributed by atoms with E-state index in [1.165, 1.54) is 12.8 Å². The summed E-state index contributed by atoms with van der Waals surface area (Å²) < 4.78 is 5.58. The quantitative estimate of drug-likeness (QED) is 0.849. The number of hydrogen-bond acceptors (Lipinski definition) is 5. The van der Waals surface area contributed by atoms with Gasteiger partial charge in [-0.05, 0) is 32.7 Å². The van der Waals surface area contributed by atoms with E-state index in [2.05, 4.69) is 34.0 Å². The molecular formula is C14H24N4O. The standard InChI is InChI=1S/C14H24N4O/c1-3-10-19-13-7-9-16-14(17-13)18(4-2)12-6-5-8-15-11-12/h7,9,12,15H,3-6,8,10-11H2,1-2H3. The van der Waals surface area contributed by atoms with Crippen LogP contribution in [0.5, 0.6) is 5.88 Å². The van der Waals surface area contributed by atoms with Crippen LogP contribution in [0, 0.1) is 0 Å². The second-order valence-corrected chi connectivity index (χ2v) is 4.83. The molecule has 1 N–H and O–H groups in total. The fraction of sp³-hybridized carbons (Fsp3) is 0.714. The minimum atomic E-state index is 0.486. The number of likely N-dealkylation sites (N-methyl/N-ethyl adjacent to an activating group) is 1. The molecule has 0 amide bonds. The van der Waals surface area contributed by atoms with Gasteiger partial charge in [-0.15, -0.1) is 0 Å². The lowest BCUT2D eigenvalue weighted by molar-refractivity contribution is 0.304. The van der Waals surface area contributed by atoms with Crippen LogP contribution in [0.3, 0.4) is 0 Å². The number of anilines is 1. The molecule has 0 aliphatic carbocycles. The average Bonchev–Trinajstić information content (AvgIpc) is 2.47. The van der Waals surface area contributed by atoms with E-state index in [9.17, 15) is 0 Å². The van der Waals surface area contributed by atoms with Crippen molar-refractivity contribution in [3.8, 4) is 5.88 Å². The van der Waals surface area contributed by atoms with Gasteiger partial charge in [0.2, 0.25) is 11.8 Å². The minimum absolute atomic E-state index is 0.486. The van der Waals surface area contributed by atoms with Crippen LogP contribution in [0.15, 0.2) is 12.3 Å². The topological polar surface area (TPSA) is 50.3 Å². The van der Waals surface area contributed by atoms with Crippen LogP contribution in [-0.2, 0) is 0 Å². The highest BCUT2D eigenvalue weighted by Gasteiger charge is 2.22. The number of nitrogens with one attached hydrogen (secondary N) is 1. The summed E-state index contributed by atoms with van der Waals surface area (Å²) in [6.07, 6.45) is 5.19.